The first-order valence-electron chi connectivity index (χ1n) is 6.56. The zero-order valence-corrected chi connectivity index (χ0v) is 11.7. The highest BCUT2D eigenvalue weighted by Gasteiger charge is 2.13. The Morgan fingerprint density at radius 3 is 2.44 bits per heavy atom. The van der Waals surface area contributed by atoms with E-state index in [0.29, 0.717) is 11.4 Å². The average molecular weight is 249 g/mol. The van der Waals surface area contributed by atoms with Gasteiger partial charge in [-0.15, -0.1) is 0 Å². The second-order valence-electron chi connectivity index (χ2n) is 4.85. The molecule has 0 radical (unpaired) electrons. The molecule has 4 heteroatoms. The van der Waals surface area contributed by atoms with Crippen molar-refractivity contribution in [3.05, 3.63) is 23.4 Å². The van der Waals surface area contributed by atoms with Crippen molar-refractivity contribution < 1.29 is 4.79 Å². The van der Waals surface area contributed by atoms with E-state index in [4.69, 9.17) is 5.73 Å². The van der Waals surface area contributed by atoms with E-state index in [1.54, 1.807) is 6.07 Å². The predicted octanol–water partition coefficient (Wildman–Crippen LogP) is 2.71. The van der Waals surface area contributed by atoms with Gasteiger partial charge in [-0.05, 0) is 30.9 Å². The maximum absolute atomic E-state index is 12.1. The second kappa shape index (κ2) is 6.38. The number of nitrogens with two attached hydrogens (primary N) is 1. The minimum atomic E-state index is -0.0697. The molecule has 0 saturated heterocycles. The smallest absolute Gasteiger partial charge is 0.251 e. The van der Waals surface area contributed by atoms with Gasteiger partial charge >= 0.3 is 0 Å². The summed E-state index contributed by atoms with van der Waals surface area (Å²) in [5.74, 6) is 0.587. The van der Waals surface area contributed by atoms with E-state index in [-0.39, 0.29) is 17.9 Å². The van der Waals surface area contributed by atoms with Crippen LogP contribution in [0.2, 0.25) is 0 Å². The summed E-state index contributed by atoms with van der Waals surface area (Å²) in [4.78, 5) is 16.3. The second-order valence-corrected chi connectivity index (χ2v) is 4.85. The Morgan fingerprint density at radius 2 is 1.94 bits per heavy atom. The molecule has 0 bridgehead atoms. The Labute approximate surface area is 109 Å². The molecule has 1 aromatic heterocycles. The fourth-order valence-corrected chi connectivity index (χ4v) is 1.76. The van der Waals surface area contributed by atoms with Crippen LogP contribution in [-0.4, -0.2) is 16.9 Å². The lowest BCUT2D eigenvalue weighted by atomic mass is 10.1. The maximum Gasteiger partial charge on any atom is 0.251 e. The first kappa shape index (κ1) is 14.5. The molecule has 100 valence electrons. The van der Waals surface area contributed by atoms with Gasteiger partial charge in [-0.25, -0.2) is 4.98 Å². The summed E-state index contributed by atoms with van der Waals surface area (Å²) in [6.07, 6.45) is 1.86. The number of hydrogen-bond donors (Lipinski definition) is 2. The van der Waals surface area contributed by atoms with Crippen LogP contribution in [0.25, 0.3) is 0 Å². The van der Waals surface area contributed by atoms with E-state index in [0.717, 1.165) is 18.5 Å². The summed E-state index contributed by atoms with van der Waals surface area (Å²) >= 11 is 0. The van der Waals surface area contributed by atoms with Crippen LogP contribution in [-0.2, 0) is 0 Å². The fourth-order valence-electron chi connectivity index (χ4n) is 1.76. The molecule has 18 heavy (non-hydrogen) atoms. The molecule has 0 atom stereocenters. The van der Waals surface area contributed by atoms with Gasteiger partial charge in [0, 0.05) is 17.3 Å². The zero-order chi connectivity index (χ0) is 13.7. The van der Waals surface area contributed by atoms with Crippen molar-refractivity contribution in [3.63, 3.8) is 0 Å². The Morgan fingerprint density at radius 1 is 1.33 bits per heavy atom. The van der Waals surface area contributed by atoms with Gasteiger partial charge in [0.05, 0.1) is 0 Å². The summed E-state index contributed by atoms with van der Waals surface area (Å²) in [6.45, 7) is 8.19. The molecule has 4 nitrogen and oxygen atoms in total. The van der Waals surface area contributed by atoms with Gasteiger partial charge in [0.2, 0.25) is 0 Å². The number of nitrogens with zero attached hydrogens (tertiary/aromatic N) is 1. The molecule has 0 aliphatic carbocycles. The van der Waals surface area contributed by atoms with Crippen molar-refractivity contribution in [1.29, 1.82) is 0 Å². The fraction of sp³-hybridized carbons (Fsp3) is 0.571. The van der Waals surface area contributed by atoms with Crippen LogP contribution >= 0.6 is 0 Å². The third-order valence-electron chi connectivity index (χ3n) is 3.04. The highest BCUT2D eigenvalue weighted by Crippen LogP contribution is 2.16. The Balaban J connectivity index is 2.91. The number of nitrogen functional groups attached to an aromatic ring is 1. The zero-order valence-electron chi connectivity index (χ0n) is 11.7. The van der Waals surface area contributed by atoms with Crippen LogP contribution in [0.15, 0.2) is 12.1 Å². The first-order chi connectivity index (χ1) is 8.47. The van der Waals surface area contributed by atoms with Crippen molar-refractivity contribution in [1.82, 2.24) is 10.3 Å². The Kier molecular flexibility index (Phi) is 5.13. The van der Waals surface area contributed by atoms with Crippen molar-refractivity contribution >= 4 is 11.7 Å². The molecule has 0 aromatic carbocycles. The predicted molar refractivity (Wildman–Crippen MR) is 74.6 cm³/mol. The lowest BCUT2D eigenvalue weighted by Gasteiger charge is -2.15. The number of carbonyl (C=O) groups excluding carboxylic acids is 1. The lowest BCUT2D eigenvalue weighted by Crippen LogP contribution is -2.34. The molecular formula is C14H23N3O. The number of carbonyl (C=O) groups is 1. The maximum atomic E-state index is 12.1. The summed E-state index contributed by atoms with van der Waals surface area (Å²) in [5.41, 5.74) is 7.19. The third-order valence-corrected chi connectivity index (χ3v) is 3.04. The summed E-state index contributed by atoms with van der Waals surface area (Å²) < 4.78 is 0. The van der Waals surface area contributed by atoms with Gasteiger partial charge in [0.1, 0.15) is 5.82 Å². The Bertz CT molecular complexity index is 412. The van der Waals surface area contributed by atoms with Gasteiger partial charge < -0.3 is 11.1 Å². The highest BCUT2D eigenvalue weighted by molar-refractivity contribution is 5.95. The highest BCUT2D eigenvalue weighted by atomic mass is 16.1. The lowest BCUT2D eigenvalue weighted by molar-refractivity contribution is 0.0934. The van der Waals surface area contributed by atoms with Crippen molar-refractivity contribution in [2.24, 2.45) is 0 Å². The summed E-state index contributed by atoms with van der Waals surface area (Å²) in [6, 6.07) is 3.66. The molecule has 1 aromatic rings. The minimum absolute atomic E-state index is 0.0697. The Hall–Kier alpha value is -1.58. The van der Waals surface area contributed by atoms with Crippen molar-refractivity contribution in [2.45, 2.75) is 52.5 Å². The largest absolute Gasteiger partial charge is 0.384 e. The van der Waals surface area contributed by atoms with Gasteiger partial charge in [0.15, 0.2) is 0 Å². The van der Waals surface area contributed by atoms with E-state index < -0.39 is 0 Å². The molecule has 0 fully saturated rings. The van der Waals surface area contributed by atoms with Crippen LogP contribution in [0, 0.1) is 0 Å². The monoisotopic (exact) mass is 249 g/mol. The van der Waals surface area contributed by atoms with Crippen LogP contribution in [0.3, 0.4) is 0 Å². The van der Waals surface area contributed by atoms with Gasteiger partial charge in [-0.1, -0.05) is 27.7 Å². The quantitative estimate of drug-likeness (QED) is 0.843. The van der Waals surface area contributed by atoms with E-state index in [9.17, 15) is 4.79 Å². The van der Waals surface area contributed by atoms with E-state index in [1.807, 2.05) is 19.9 Å². The van der Waals surface area contributed by atoms with Crippen LogP contribution in [0.4, 0.5) is 5.82 Å². The number of pyridine rings is 1. The summed E-state index contributed by atoms with van der Waals surface area (Å²) in [5, 5.41) is 3.00. The average Bonchev–Trinajstić information content (AvgIpc) is 2.34. The molecule has 1 heterocycles. The number of nitrogens with one attached hydrogen (secondary N) is 1. The molecule has 1 amide bonds. The van der Waals surface area contributed by atoms with E-state index in [2.05, 4.69) is 24.1 Å². The van der Waals surface area contributed by atoms with E-state index in [1.165, 1.54) is 0 Å². The molecule has 0 aliphatic heterocycles. The van der Waals surface area contributed by atoms with Crippen LogP contribution < -0.4 is 11.1 Å². The van der Waals surface area contributed by atoms with Crippen LogP contribution in [0.1, 0.15) is 62.5 Å². The molecule has 1 rings (SSSR count). The molecule has 0 aliphatic rings. The van der Waals surface area contributed by atoms with Gasteiger partial charge in [-0.2, -0.15) is 0 Å². The number of hydrogen-bond acceptors (Lipinski definition) is 3. The number of aromatic nitrogens is 1. The van der Waals surface area contributed by atoms with Crippen molar-refractivity contribution in [3.8, 4) is 0 Å². The van der Waals surface area contributed by atoms with Gasteiger partial charge in [-0.3, -0.25) is 4.79 Å². The van der Waals surface area contributed by atoms with E-state index >= 15 is 0 Å². The SMILES string of the molecule is CCC(CC)NC(=O)c1cc(N)nc(C(C)C)c1. The van der Waals surface area contributed by atoms with Crippen molar-refractivity contribution in [2.75, 3.05) is 5.73 Å². The first-order valence-corrected chi connectivity index (χ1v) is 6.56. The molecule has 0 unspecified atom stereocenters. The molecule has 0 spiro atoms. The number of amides is 1. The minimum Gasteiger partial charge on any atom is -0.384 e. The molecule has 3 N–H and O–H groups in total. The summed E-state index contributed by atoms with van der Waals surface area (Å²) in [7, 11) is 0. The molecule has 0 saturated carbocycles. The topological polar surface area (TPSA) is 68.0 Å². The number of rotatable bonds is 5. The standard InChI is InChI=1S/C14H23N3O/c1-5-11(6-2)16-14(18)10-7-12(9(3)4)17-13(15)8-10/h7-9,11H,5-6H2,1-4H3,(H2,15,17)(H,16,18). The van der Waals surface area contributed by atoms with Gasteiger partial charge in [0.25, 0.3) is 5.91 Å². The normalized spacial score (nSPS) is 11.0. The third kappa shape index (κ3) is 3.72. The number of anilines is 1. The molecular weight excluding hydrogens is 226 g/mol. The van der Waals surface area contributed by atoms with Crippen LogP contribution in [0.5, 0.6) is 0 Å².